The predicted molar refractivity (Wildman–Crippen MR) is 92.7 cm³/mol. The Morgan fingerprint density at radius 1 is 1.40 bits per heavy atom. The molecule has 0 radical (unpaired) electrons. The number of oxazole rings is 1. The Labute approximate surface area is 147 Å². The monoisotopic (exact) mass is 344 g/mol. The van der Waals surface area contributed by atoms with E-state index in [1.807, 2.05) is 29.2 Å². The van der Waals surface area contributed by atoms with Crippen LogP contribution < -0.4 is 4.74 Å². The third-order valence-corrected chi connectivity index (χ3v) is 4.48. The number of rotatable bonds is 6. The van der Waals surface area contributed by atoms with Gasteiger partial charge in [-0.05, 0) is 30.5 Å². The van der Waals surface area contributed by atoms with Gasteiger partial charge in [0.25, 0.3) is 0 Å². The van der Waals surface area contributed by atoms with E-state index in [2.05, 4.69) is 4.98 Å². The van der Waals surface area contributed by atoms with E-state index in [1.165, 1.54) is 7.11 Å². The predicted octanol–water partition coefficient (Wildman–Crippen LogP) is 2.63. The zero-order valence-electron chi connectivity index (χ0n) is 14.7. The number of carbonyl (C=O) groups excluding carboxylic acids is 1. The molecular formula is C19H24N2O4. The number of benzene rings is 1. The third-order valence-electron chi connectivity index (χ3n) is 4.48. The van der Waals surface area contributed by atoms with Gasteiger partial charge in [-0.1, -0.05) is 12.1 Å². The minimum absolute atomic E-state index is 0.0235. The minimum atomic E-state index is 0.0235. The molecule has 1 aliphatic rings. The smallest absolute Gasteiger partial charge is 0.248 e. The molecule has 0 saturated carbocycles. The standard InChI is InChI=1S/C19H24N2O4/c1-23-13-18(22)21-8-4-6-15(12-21)19-20-11-17(25-19)10-14-5-3-7-16(9-14)24-2/h3,5,7,9,11,15H,4,6,8,10,12-13H2,1-2H3/t15-/m1/s1. The fraction of sp³-hybridized carbons (Fsp3) is 0.474. The van der Waals surface area contributed by atoms with Crippen molar-refractivity contribution in [2.24, 2.45) is 0 Å². The van der Waals surface area contributed by atoms with Gasteiger partial charge in [-0.15, -0.1) is 0 Å². The van der Waals surface area contributed by atoms with Gasteiger partial charge >= 0.3 is 0 Å². The fourth-order valence-electron chi connectivity index (χ4n) is 3.20. The molecule has 3 rings (SSSR count). The highest BCUT2D eigenvalue weighted by Crippen LogP contribution is 2.27. The van der Waals surface area contributed by atoms with Crippen molar-refractivity contribution in [2.45, 2.75) is 25.2 Å². The highest BCUT2D eigenvalue weighted by molar-refractivity contribution is 5.77. The summed E-state index contributed by atoms with van der Waals surface area (Å²) >= 11 is 0. The van der Waals surface area contributed by atoms with Gasteiger partial charge in [0.1, 0.15) is 18.1 Å². The molecule has 25 heavy (non-hydrogen) atoms. The average molecular weight is 344 g/mol. The number of methoxy groups -OCH3 is 2. The normalized spacial score (nSPS) is 17.5. The van der Waals surface area contributed by atoms with Crippen molar-refractivity contribution < 1.29 is 18.7 Å². The number of hydrogen-bond donors (Lipinski definition) is 0. The number of likely N-dealkylation sites (tertiary alicyclic amines) is 1. The SMILES string of the molecule is COCC(=O)N1CCC[C@@H](c2ncc(Cc3cccc(OC)c3)o2)C1. The van der Waals surface area contributed by atoms with Gasteiger partial charge in [0, 0.05) is 26.6 Å². The first-order chi connectivity index (χ1) is 12.2. The van der Waals surface area contributed by atoms with Crippen molar-refractivity contribution in [1.82, 2.24) is 9.88 Å². The molecule has 1 aliphatic heterocycles. The van der Waals surface area contributed by atoms with Crippen molar-refractivity contribution >= 4 is 5.91 Å². The summed E-state index contributed by atoms with van der Waals surface area (Å²) in [6.45, 7) is 1.54. The van der Waals surface area contributed by atoms with Gasteiger partial charge in [0.2, 0.25) is 5.91 Å². The number of amides is 1. The van der Waals surface area contributed by atoms with E-state index in [1.54, 1.807) is 13.3 Å². The number of hydrogen-bond acceptors (Lipinski definition) is 5. The van der Waals surface area contributed by atoms with Crippen LogP contribution in [0.3, 0.4) is 0 Å². The molecule has 2 heterocycles. The van der Waals surface area contributed by atoms with E-state index >= 15 is 0 Å². The lowest BCUT2D eigenvalue weighted by atomic mass is 9.98. The lowest BCUT2D eigenvalue weighted by molar-refractivity contribution is -0.136. The summed E-state index contributed by atoms with van der Waals surface area (Å²) in [4.78, 5) is 18.3. The Balaban J connectivity index is 1.65. The molecule has 1 aromatic carbocycles. The van der Waals surface area contributed by atoms with Crippen LogP contribution in [0.1, 0.15) is 36.0 Å². The quantitative estimate of drug-likeness (QED) is 0.806. The Bertz CT molecular complexity index is 713. The Hall–Kier alpha value is -2.34. The molecular weight excluding hydrogens is 320 g/mol. The zero-order chi connectivity index (χ0) is 17.6. The molecule has 0 aliphatic carbocycles. The first-order valence-corrected chi connectivity index (χ1v) is 8.54. The molecule has 1 saturated heterocycles. The summed E-state index contributed by atoms with van der Waals surface area (Å²) < 4.78 is 16.2. The van der Waals surface area contributed by atoms with Gasteiger partial charge in [0.05, 0.1) is 19.2 Å². The maximum Gasteiger partial charge on any atom is 0.248 e. The van der Waals surface area contributed by atoms with Gasteiger partial charge in [-0.2, -0.15) is 0 Å². The topological polar surface area (TPSA) is 64.8 Å². The lowest BCUT2D eigenvalue weighted by Gasteiger charge is -2.31. The van der Waals surface area contributed by atoms with Gasteiger partial charge in [0.15, 0.2) is 5.89 Å². The Morgan fingerprint density at radius 3 is 3.08 bits per heavy atom. The summed E-state index contributed by atoms with van der Waals surface area (Å²) in [6, 6.07) is 7.92. The Kier molecular flexibility index (Phi) is 5.71. The highest BCUT2D eigenvalue weighted by Gasteiger charge is 2.27. The van der Waals surface area contributed by atoms with Crippen LogP contribution in [0, 0.1) is 0 Å². The molecule has 0 bridgehead atoms. The molecule has 6 heteroatoms. The van der Waals surface area contributed by atoms with E-state index in [0.29, 0.717) is 18.9 Å². The second kappa shape index (κ2) is 8.16. The van der Waals surface area contributed by atoms with Crippen LogP contribution in [0.2, 0.25) is 0 Å². The summed E-state index contributed by atoms with van der Waals surface area (Å²) in [5.74, 6) is 2.54. The number of carbonyl (C=O) groups is 1. The van der Waals surface area contributed by atoms with Crippen LogP contribution in [0.15, 0.2) is 34.9 Å². The lowest BCUT2D eigenvalue weighted by Crippen LogP contribution is -2.40. The van der Waals surface area contributed by atoms with E-state index < -0.39 is 0 Å². The van der Waals surface area contributed by atoms with Crippen LogP contribution in [0.5, 0.6) is 5.75 Å². The van der Waals surface area contributed by atoms with Crippen molar-refractivity contribution in [1.29, 1.82) is 0 Å². The largest absolute Gasteiger partial charge is 0.497 e. The second-order valence-electron chi connectivity index (χ2n) is 6.31. The summed E-state index contributed by atoms with van der Waals surface area (Å²) in [5.41, 5.74) is 1.11. The van der Waals surface area contributed by atoms with Crippen LogP contribution >= 0.6 is 0 Å². The van der Waals surface area contributed by atoms with E-state index in [-0.39, 0.29) is 18.4 Å². The van der Waals surface area contributed by atoms with Crippen molar-refractivity contribution in [3.63, 3.8) is 0 Å². The first-order valence-electron chi connectivity index (χ1n) is 8.54. The maximum absolute atomic E-state index is 12.0. The minimum Gasteiger partial charge on any atom is -0.497 e. The van der Waals surface area contributed by atoms with Gasteiger partial charge in [-0.3, -0.25) is 4.79 Å². The van der Waals surface area contributed by atoms with E-state index in [4.69, 9.17) is 13.9 Å². The molecule has 1 atom stereocenters. The van der Waals surface area contributed by atoms with Crippen LogP contribution in [-0.4, -0.2) is 49.7 Å². The molecule has 2 aromatic rings. The van der Waals surface area contributed by atoms with E-state index in [9.17, 15) is 4.79 Å². The molecule has 6 nitrogen and oxygen atoms in total. The molecule has 1 aromatic heterocycles. The van der Waals surface area contributed by atoms with E-state index in [0.717, 1.165) is 36.5 Å². The first kappa shape index (κ1) is 17.5. The van der Waals surface area contributed by atoms with Crippen LogP contribution in [-0.2, 0) is 16.0 Å². The van der Waals surface area contributed by atoms with Crippen molar-refractivity contribution in [2.75, 3.05) is 33.9 Å². The number of aromatic nitrogens is 1. The molecule has 0 N–H and O–H groups in total. The van der Waals surface area contributed by atoms with Crippen molar-refractivity contribution in [3.05, 3.63) is 47.7 Å². The molecule has 1 amide bonds. The van der Waals surface area contributed by atoms with Gasteiger partial charge in [-0.25, -0.2) is 4.98 Å². The number of piperidine rings is 1. The van der Waals surface area contributed by atoms with Crippen LogP contribution in [0.4, 0.5) is 0 Å². The fourth-order valence-corrected chi connectivity index (χ4v) is 3.20. The molecule has 0 spiro atoms. The number of nitrogens with zero attached hydrogens (tertiary/aromatic N) is 2. The third kappa shape index (κ3) is 4.39. The van der Waals surface area contributed by atoms with Gasteiger partial charge < -0.3 is 18.8 Å². The van der Waals surface area contributed by atoms with Crippen LogP contribution in [0.25, 0.3) is 0 Å². The molecule has 134 valence electrons. The summed E-state index contributed by atoms with van der Waals surface area (Å²) in [7, 11) is 3.20. The summed E-state index contributed by atoms with van der Waals surface area (Å²) in [6.07, 6.45) is 4.39. The zero-order valence-corrected chi connectivity index (χ0v) is 14.7. The number of ether oxygens (including phenoxy) is 2. The maximum atomic E-state index is 12.0. The van der Waals surface area contributed by atoms with Crippen molar-refractivity contribution in [3.8, 4) is 5.75 Å². The Morgan fingerprint density at radius 2 is 2.28 bits per heavy atom. The second-order valence-corrected chi connectivity index (χ2v) is 6.31. The average Bonchev–Trinajstić information content (AvgIpc) is 3.11. The highest BCUT2D eigenvalue weighted by atomic mass is 16.5. The molecule has 1 fully saturated rings. The molecule has 0 unspecified atom stereocenters. The summed E-state index contributed by atoms with van der Waals surface area (Å²) in [5, 5.41) is 0.